The first-order chi connectivity index (χ1) is 16.7. The number of carbonyl (C=O) groups is 2. The van der Waals surface area contributed by atoms with Crippen LogP contribution in [-0.4, -0.2) is 61.0 Å². The Morgan fingerprint density at radius 1 is 1.00 bits per heavy atom. The van der Waals surface area contributed by atoms with E-state index in [1.807, 2.05) is 47.4 Å². The van der Waals surface area contributed by atoms with Crippen molar-refractivity contribution in [2.75, 3.05) is 32.8 Å². The third-order valence-corrected chi connectivity index (χ3v) is 5.57. The summed E-state index contributed by atoms with van der Waals surface area (Å²) < 4.78 is 11.2. The number of nitrogens with zero attached hydrogens (tertiary/aromatic N) is 1. The maximum absolute atomic E-state index is 12.8. The van der Waals surface area contributed by atoms with Crippen LogP contribution in [0.3, 0.4) is 0 Å². The normalized spacial score (nSPS) is 12.1. The van der Waals surface area contributed by atoms with Gasteiger partial charge in [-0.2, -0.15) is 0 Å². The monoisotopic (exact) mass is 484 g/mol. The average Bonchev–Trinajstić information content (AvgIpc) is 2.82. The first kappa shape index (κ1) is 28.2. The molecule has 7 heteroatoms. The molecule has 0 heterocycles. The van der Waals surface area contributed by atoms with Crippen molar-refractivity contribution in [3.8, 4) is 5.75 Å². The molecule has 0 aliphatic rings. The smallest absolute Gasteiger partial charge is 0.333 e. The highest BCUT2D eigenvalue weighted by Crippen LogP contribution is 2.19. The van der Waals surface area contributed by atoms with E-state index in [0.717, 1.165) is 18.4 Å². The summed E-state index contributed by atoms with van der Waals surface area (Å²) >= 11 is 0. The number of aliphatic carboxylic acids is 1. The molecule has 0 aliphatic carbocycles. The Labute approximate surface area is 209 Å². The van der Waals surface area contributed by atoms with Gasteiger partial charge in [-0.25, -0.2) is 9.59 Å². The fourth-order valence-corrected chi connectivity index (χ4v) is 3.48. The summed E-state index contributed by atoms with van der Waals surface area (Å²) in [6, 6.07) is 17.3. The molecule has 7 nitrogen and oxygen atoms in total. The highest BCUT2D eigenvalue weighted by atomic mass is 16.5. The molecule has 2 amide bonds. The molecule has 2 aromatic carbocycles. The van der Waals surface area contributed by atoms with Gasteiger partial charge >= 0.3 is 12.0 Å². The van der Waals surface area contributed by atoms with E-state index < -0.39 is 12.1 Å². The molecule has 35 heavy (non-hydrogen) atoms. The number of urea groups is 1. The summed E-state index contributed by atoms with van der Waals surface area (Å²) in [6.45, 7) is 10.7. The Balaban J connectivity index is 1.86. The predicted octanol–water partition coefficient (Wildman–Crippen LogP) is 4.79. The number of hydrogen-bond acceptors (Lipinski definition) is 4. The summed E-state index contributed by atoms with van der Waals surface area (Å²) in [4.78, 5) is 25.9. The van der Waals surface area contributed by atoms with E-state index in [9.17, 15) is 14.7 Å². The third kappa shape index (κ3) is 11.3. The van der Waals surface area contributed by atoms with Crippen molar-refractivity contribution in [3.63, 3.8) is 0 Å². The van der Waals surface area contributed by atoms with Crippen LogP contribution in [0.25, 0.3) is 0 Å². The molecule has 0 saturated heterocycles. The molecular weight excluding hydrogens is 444 g/mol. The topological polar surface area (TPSA) is 88.1 Å². The Morgan fingerprint density at radius 3 is 2.29 bits per heavy atom. The van der Waals surface area contributed by atoms with Gasteiger partial charge in [-0.05, 0) is 48.4 Å². The lowest BCUT2D eigenvalue weighted by atomic mass is 9.92. The highest BCUT2D eigenvalue weighted by Gasteiger charge is 2.19. The minimum Gasteiger partial charge on any atom is -0.492 e. The quantitative estimate of drug-likeness (QED) is 0.403. The Bertz CT molecular complexity index is 894. The van der Waals surface area contributed by atoms with E-state index in [-0.39, 0.29) is 11.4 Å². The van der Waals surface area contributed by atoms with Crippen LogP contribution in [-0.2, 0) is 22.4 Å². The van der Waals surface area contributed by atoms with Crippen molar-refractivity contribution in [2.24, 2.45) is 5.41 Å². The molecular formula is C28H40N2O5. The zero-order valence-electron chi connectivity index (χ0n) is 21.5. The molecule has 0 bridgehead atoms. The number of carboxylic acid groups (broad SMARTS) is 1. The van der Waals surface area contributed by atoms with Crippen molar-refractivity contribution < 1.29 is 24.2 Å². The van der Waals surface area contributed by atoms with Crippen LogP contribution in [0.2, 0.25) is 0 Å². The number of carboxylic acids is 1. The Hall–Kier alpha value is -3.06. The van der Waals surface area contributed by atoms with Crippen molar-refractivity contribution in [1.82, 2.24) is 10.2 Å². The summed E-state index contributed by atoms with van der Waals surface area (Å²) in [5.74, 6) is -0.290. The highest BCUT2D eigenvalue weighted by molar-refractivity contribution is 5.74. The van der Waals surface area contributed by atoms with Crippen LogP contribution < -0.4 is 10.1 Å². The number of hydrogen-bond donors (Lipinski definition) is 2. The minimum absolute atomic E-state index is 0.0836. The van der Waals surface area contributed by atoms with Crippen molar-refractivity contribution >= 4 is 12.0 Å². The number of ether oxygens (including phenoxy) is 2. The van der Waals surface area contributed by atoms with Gasteiger partial charge in [-0.1, -0.05) is 63.2 Å². The second-order valence-corrected chi connectivity index (χ2v) is 9.74. The lowest BCUT2D eigenvalue weighted by molar-refractivity contribution is -0.149. The molecule has 0 saturated carbocycles. The van der Waals surface area contributed by atoms with Gasteiger partial charge in [0, 0.05) is 26.1 Å². The predicted molar refractivity (Wildman–Crippen MR) is 138 cm³/mol. The molecule has 0 fully saturated rings. The number of benzene rings is 2. The first-order valence-electron chi connectivity index (χ1n) is 12.3. The van der Waals surface area contributed by atoms with E-state index in [1.54, 1.807) is 6.92 Å². The van der Waals surface area contributed by atoms with Crippen LogP contribution in [0.5, 0.6) is 5.75 Å². The van der Waals surface area contributed by atoms with E-state index in [2.05, 4.69) is 38.2 Å². The van der Waals surface area contributed by atoms with Crippen LogP contribution >= 0.6 is 0 Å². The molecule has 0 aromatic heterocycles. The summed E-state index contributed by atoms with van der Waals surface area (Å²) in [6.07, 6.45) is 1.11. The fourth-order valence-electron chi connectivity index (χ4n) is 3.48. The van der Waals surface area contributed by atoms with Gasteiger partial charge in [0.25, 0.3) is 0 Å². The van der Waals surface area contributed by atoms with Crippen molar-refractivity contribution in [2.45, 2.75) is 53.1 Å². The molecule has 2 aromatic rings. The van der Waals surface area contributed by atoms with Crippen LogP contribution in [0.4, 0.5) is 4.79 Å². The standard InChI is InChI=1S/C28H40N2O5/c1-5-34-25(26(31)32)21-23-11-13-24(14-12-23)35-20-19-30(18-16-28(2,3)4)27(33)29-17-15-22-9-7-6-8-10-22/h6-14,25H,5,15-21H2,1-4H3,(H,29,33)(H,31,32). The largest absolute Gasteiger partial charge is 0.492 e. The number of carbonyl (C=O) groups excluding carboxylic acids is 1. The molecule has 0 aliphatic heterocycles. The van der Waals surface area contributed by atoms with Gasteiger partial charge in [0.1, 0.15) is 12.4 Å². The molecule has 0 radical (unpaired) electrons. The molecule has 2 rings (SSSR count). The summed E-state index contributed by atoms with van der Waals surface area (Å²) in [5, 5.41) is 12.3. The van der Waals surface area contributed by atoms with E-state index in [1.165, 1.54) is 5.56 Å². The summed E-state index contributed by atoms with van der Waals surface area (Å²) in [7, 11) is 0. The number of rotatable bonds is 14. The Morgan fingerprint density at radius 2 is 1.69 bits per heavy atom. The number of nitrogens with one attached hydrogen (secondary N) is 1. The minimum atomic E-state index is -0.968. The first-order valence-corrected chi connectivity index (χ1v) is 12.3. The van der Waals surface area contributed by atoms with Crippen LogP contribution in [0.1, 0.15) is 45.2 Å². The molecule has 0 spiro atoms. The fraction of sp³-hybridized carbons (Fsp3) is 0.500. The van der Waals surface area contributed by atoms with Crippen molar-refractivity contribution in [1.29, 1.82) is 0 Å². The summed E-state index contributed by atoms with van der Waals surface area (Å²) in [5.41, 5.74) is 2.17. The van der Waals surface area contributed by atoms with Gasteiger partial charge in [-0.3, -0.25) is 0 Å². The van der Waals surface area contributed by atoms with Gasteiger partial charge in [0.15, 0.2) is 6.10 Å². The zero-order valence-corrected chi connectivity index (χ0v) is 21.5. The van der Waals surface area contributed by atoms with Crippen LogP contribution in [0.15, 0.2) is 54.6 Å². The Kier molecular flexibility index (Phi) is 11.6. The second-order valence-electron chi connectivity index (χ2n) is 9.74. The maximum atomic E-state index is 12.8. The second kappa shape index (κ2) is 14.4. The van der Waals surface area contributed by atoms with E-state index in [4.69, 9.17) is 9.47 Å². The lowest BCUT2D eigenvalue weighted by Crippen LogP contribution is -2.44. The molecule has 2 N–H and O–H groups in total. The van der Waals surface area contributed by atoms with Gasteiger partial charge in [0.2, 0.25) is 0 Å². The zero-order chi connectivity index (χ0) is 25.7. The maximum Gasteiger partial charge on any atom is 0.333 e. The van der Waals surface area contributed by atoms with E-state index >= 15 is 0 Å². The average molecular weight is 485 g/mol. The molecule has 1 unspecified atom stereocenters. The SMILES string of the molecule is CCOC(Cc1ccc(OCCN(CCC(C)(C)C)C(=O)NCCc2ccccc2)cc1)C(=O)O. The van der Waals surface area contributed by atoms with Crippen molar-refractivity contribution in [3.05, 3.63) is 65.7 Å². The lowest BCUT2D eigenvalue weighted by Gasteiger charge is -2.27. The molecule has 1 atom stereocenters. The van der Waals surface area contributed by atoms with Gasteiger partial charge < -0.3 is 24.8 Å². The van der Waals surface area contributed by atoms with E-state index in [0.29, 0.717) is 45.0 Å². The molecule has 192 valence electrons. The van der Waals surface area contributed by atoms with Gasteiger partial charge in [-0.15, -0.1) is 0 Å². The van der Waals surface area contributed by atoms with Gasteiger partial charge in [0.05, 0.1) is 6.54 Å². The number of amides is 2. The van der Waals surface area contributed by atoms with Crippen LogP contribution in [0, 0.1) is 5.41 Å². The third-order valence-electron chi connectivity index (χ3n) is 5.57.